The third-order valence-corrected chi connectivity index (χ3v) is 4.60. The second kappa shape index (κ2) is 9.20. The quantitative estimate of drug-likeness (QED) is 0.821. The smallest absolute Gasteiger partial charge is 0.264 e. The van der Waals surface area contributed by atoms with Crippen molar-refractivity contribution in [1.29, 1.82) is 0 Å². The molecule has 1 aromatic heterocycles. The van der Waals surface area contributed by atoms with Crippen LogP contribution in [0.5, 0.6) is 0 Å². The predicted molar refractivity (Wildman–Crippen MR) is 94.4 cm³/mol. The Morgan fingerprint density at radius 2 is 1.86 bits per heavy atom. The molecule has 0 spiro atoms. The molecule has 3 nitrogen and oxygen atoms in total. The summed E-state index contributed by atoms with van der Waals surface area (Å²) in [5.41, 5.74) is 6.85. The molecule has 2 N–H and O–H groups in total. The summed E-state index contributed by atoms with van der Waals surface area (Å²) in [6.45, 7) is 1.75. The number of benzene rings is 1. The zero-order valence-electron chi connectivity index (χ0n) is 11.5. The van der Waals surface area contributed by atoms with E-state index in [-0.39, 0.29) is 18.3 Å². The maximum atomic E-state index is 12.4. The van der Waals surface area contributed by atoms with Gasteiger partial charge in [0, 0.05) is 19.6 Å². The van der Waals surface area contributed by atoms with E-state index < -0.39 is 0 Å². The van der Waals surface area contributed by atoms with Crippen molar-refractivity contribution >= 4 is 45.6 Å². The highest BCUT2D eigenvalue weighted by atomic mass is 79.9. The zero-order valence-corrected chi connectivity index (χ0v) is 14.7. The molecule has 0 unspecified atom stereocenters. The average molecular weight is 390 g/mol. The van der Waals surface area contributed by atoms with Crippen molar-refractivity contribution < 1.29 is 4.79 Å². The molecule has 1 aromatic carbocycles. The van der Waals surface area contributed by atoms with Crippen LogP contribution < -0.4 is 5.73 Å². The number of amides is 1. The van der Waals surface area contributed by atoms with Crippen molar-refractivity contribution in [1.82, 2.24) is 4.90 Å². The summed E-state index contributed by atoms with van der Waals surface area (Å²) in [6.07, 6.45) is 0.846. The molecule has 1 heterocycles. The lowest BCUT2D eigenvalue weighted by Crippen LogP contribution is -2.36. The molecule has 0 bridgehead atoms. The minimum Gasteiger partial charge on any atom is -0.336 e. The maximum Gasteiger partial charge on any atom is 0.264 e. The minimum atomic E-state index is 0. The molecular formula is C15H18BrClN2OS. The van der Waals surface area contributed by atoms with Crippen LogP contribution in [0.1, 0.15) is 15.2 Å². The highest BCUT2D eigenvalue weighted by Crippen LogP contribution is 2.23. The SMILES string of the molecule is Cl.NCCN(CCc1ccccc1)C(=O)c1ccc(Br)s1. The van der Waals surface area contributed by atoms with Gasteiger partial charge >= 0.3 is 0 Å². The fourth-order valence-electron chi connectivity index (χ4n) is 1.96. The third kappa shape index (κ3) is 5.43. The number of rotatable bonds is 6. The fourth-order valence-corrected chi connectivity index (χ4v) is 3.32. The van der Waals surface area contributed by atoms with Gasteiger partial charge in [-0.2, -0.15) is 0 Å². The largest absolute Gasteiger partial charge is 0.336 e. The summed E-state index contributed by atoms with van der Waals surface area (Å²) in [6, 6.07) is 13.9. The van der Waals surface area contributed by atoms with Crippen LogP contribution in [0.3, 0.4) is 0 Å². The second-order valence-corrected chi connectivity index (χ2v) is 6.88. The molecule has 0 atom stereocenters. The van der Waals surface area contributed by atoms with Crippen LogP contribution in [0.4, 0.5) is 0 Å². The third-order valence-electron chi connectivity index (χ3n) is 2.98. The molecule has 6 heteroatoms. The summed E-state index contributed by atoms with van der Waals surface area (Å²) < 4.78 is 0.969. The number of carbonyl (C=O) groups is 1. The molecule has 114 valence electrons. The standard InChI is InChI=1S/C15H17BrN2OS.ClH/c16-14-7-6-13(20-14)15(19)18(11-9-17)10-8-12-4-2-1-3-5-12;/h1-7H,8-11,17H2;1H. The Morgan fingerprint density at radius 3 is 2.43 bits per heavy atom. The molecule has 0 saturated heterocycles. The van der Waals surface area contributed by atoms with Gasteiger partial charge in [0.1, 0.15) is 0 Å². The first kappa shape index (κ1) is 18.2. The normalized spacial score (nSPS) is 10.0. The molecule has 0 fully saturated rings. The first-order chi connectivity index (χ1) is 9.70. The number of hydrogen-bond donors (Lipinski definition) is 1. The van der Waals surface area contributed by atoms with Crippen LogP contribution in [-0.2, 0) is 6.42 Å². The van der Waals surface area contributed by atoms with Crippen LogP contribution in [-0.4, -0.2) is 30.4 Å². The molecule has 21 heavy (non-hydrogen) atoms. The number of thiophene rings is 1. The minimum absolute atomic E-state index is 0. The number of hydrogen-bond acceptors (Lipinski definition) is 3. The lowest BCUT2D eigenvalue weighted by molar-refractivity contribution is 0.0767. The van der Waals surface area contributed by atoms with E-state index in [9.17, 15) is 4.79 Å². The fraction of sp³-hybridized carbons (Fsp3) is 0.267. The zero-order chi connectivity index (χ0) is 14.4. The topological polar surface area (TPSA) is 46.3 Å². The van der Waals surface area contributed by atoms with Crippen molar-refractivity contribution in [3.05, 3.63) is 56.7 Å². The van der Waals surface area contributed by atoms with Gasteiger partial charge < -0.3 is 10.6 Å². The number of nitrogens with two attached hydrogens (primary N) is 1. The maximum absolute atomic E-state index is 12.4. The van der Waals surface area contributed by atoms with E-state index in [4.69, 9.17) is 5.73 Å². The van der Waals surface area contributed by atoms with Crippen molar-refractivity contribution in [2.75, 3.05) is 19.6 Å². The van der Waals surface area contributed by atoms with Crippen LogP contribution in [0.25, 0.3) is 0 Å². The molecule has 0 saturated carbocycles. The van der Waals surface area contributed by atoms with E-state index in [1.165, 1.54) is 16.9 Å². The molecule has 0 aliphatic heterocycles. The predicted octanol–water partition coefficient (Wildman–Crippen LogP) is 3.58. The summed E-state index contributed by atoms with van der Waals surface area (Å²) in [4.78, 5) is 15.0. The van der Waals surface area contributed by atoms with E-state index in [1.54, 1.807) is 0 Å². The van der Waals surface area contributed by atoms with Gasteiger partial charge in [0.25, 0.3) is 5.91 Å². The molecule has 0 aliphatic rings. The number of halogens is 2. The van der Waals surface area contributed by atoms with Gasteiger partial charge in [-0.25, -0.2) is 0 Å². The Balaban J connectivity index is 0.00000220. The Labute approximate surface area is 143 Å². The van der Waals surface area contributed by atoms with E-state index in [2.05, 4.69) is 28.1 Å². The molecule has 1 amide bonds. The lowest BCUT2D eigenvalue weighted by atomic mass is 10.1. The first-order valence-electron chi connectivity index (χ1n) is 6.49. The van der Waals surface area contributed by atoms with Gasteiger partial charge in [-0.15, -0.1) is 23.7 Å². The highest BCUT2D eigenvalue weighted by molar-refractivity contribution is 9.11. The van der Waals surface area contributed by atoms with Crippen LogP contribution in [0.15, 0.2) is 46.3 Å². The summed E-state index contributed by atoms with van der Waals surface area (Å²) >= 11 is 4.84. The van der Waals surface area contributed by atoms with E-state index in [0.717, 1.165) is 15.1 Å². The van der Waals surface area contributed by atoms with Crippen molar-refractivity contribution in [3.8, 4) is 0 Å². The van der Waals surface area contributed by atoms with E-state index in [1.807, 2.05) is 35.2 Å². The van der Waals surface area contributed by atoms with E-state index in [0.29, 0.717) is 19.6 Å². The Morgan fingerprint density at radius 1 is 1.14 bits per heavy atom. The lowest BCUT2D eigenvalue weighted by Gasteiger charge is -2.21. The van der Waals surface area contributed by atoms with Crippen molar-refractivity contribution in [2.24, 2.45) is 5.73 Å². The Bertz CT molecular complexity index is 562. The first-order valence-corrected chi connectivity index (χ1v) is 8.10. The Kier molecular flexibility index (Phi) is 7.96. The highest BCUT2D eigenvalue weighted by Gasteiger charge is 2.16. The number of nitrogens with zero attached hydrogens (tertiary/aromatic N) is 1. The summed E-state index contributed by atoms with van der Waals surface area (Å²) in [7, 11) is 0. The van der Waals surface area contributed by atoms with Gasteiger partial charge in [0.15, 0.2) is 0 Å². The van der Waals surface area contributed by atoms with Gasteiger partial charge in [0.2, 0.25) is 0 Å². The van der Waals surface area contributed by atoms with Gasteiger partial charge in [0.05, 0.1) is 8.66 Å². The molecule has 0 aliphatic carbocycles. The Hall–Kier alpha value is -0.880. The van der Waals surface area contributed by atoms with Gasteiger partial charge in [-0.05, 0) is 40.0 Å². The monoisotopic (exact) mass is 388 g/mol. The van der Waals surface area contributed by atoms with Crippen LogP contribution in [0, 0.1) is 0 Å². The van der Waals surface area contributed by atoms with Crippen LogP contribution in [0.2, 0.25) is 0 Å². The van der Waals surface area contributed by atoms with Gasteiger partial charge in [-0.3, -0.25) is 4.79 Å². The second-order valence-electron chi connectivity index (χ2n) is 4.42. The summed E-state index contributed by atoms with van der Waals surface area (Å²) in [5, 5.41) is 0. The van der Waals surface area contributed by atoms with E-state index >= 15 is 0 Å². The average Bonchev–Trinajstić information content (AvgIpc) is 2.90. The molecular weight excluding hydrogens is 372 g/mol. The molecule has 2 rings (SSSR count). The van der Waals surface area contributed by atoms with Crippen molar-refractivity contribution in [3.63, 3.8) is 0 Å². The van der Waals surface area contributed by atoms with Crippen LogP contribution >= 0.6 is 39.7 Å². The number of carbonyl (C=O) groups excluding carboxylic acids is 1. The summed E-state index contributed by atoms with van der Waals surface area (Å²) in [5.74, 6) is 0.0575. The molecule has 0 radical (unpaired) electrons. The molecule has 2 aromatic rings. The van der Waals surface area contributed by atoms with Gasteiger partial charge in [-0.1, -0.05) is 30.3 Å². The van der Waals surface area contributed by atoms with Crippen molar-refractivity contribution in [2.45, 2.75) is 6.42 Å².